The van der Waals surface area contributed by atoms with Crippen LogP contribution in [0.1, 0.15) is 32.8 Å². The maximum absolute atomic E-state index is 12.3. The first-order valence-corrected chi connectivity index (χ1v) is 7.01. The van der Waals surface area contributed by atoms with Crippen molar-refractivity contribution in [2.75, 3.05) is 6.54 Å². The second-order valence-electron chi connectivity index (χ2n) is 6.70. The van der Waals surface area contributed by atoms with Gasteiger partial charge in [0.1, 0.15) is 5.75 Å². The summed E-state index contributed by atoms with van der Waals surface area (Å²) in [5, 5.41) is 3.35. The van der Waals surface area contributed by atoms with Crippen molar-refractivity contribution >= 4 is 5.97 Å². The van der Waals surface area contributed by atoms with Crippen LogP contribution in [0.3, 0.4) is 0 Å². The van der Waals surface area contributed by atoms with Crippen molar-refractivity contribution in [1.82, 2.24) is 5.32 Å². The third-order valence-corrected chi connectivity index (χ3v) is 4.32. The largest absolute Gasteiger partial charge is 0.426 e. The molecule has 4 rings (SSSR count). The average molecular weight is 259 g/mol. The van der Waals surface area contributed by atoms with Gasteiger partial charge in [-0.25, -0.2) is 0 Å². The Morgan fingerprint density at radius 2 is 2.05 bits per heavy atom. The summed E-state index contributed by atoms with van der Waals surface area (Å²) in [5.41, 5.74) is 1.07. The molecule has 3 fully saturated rings. The van der Waals surface area contributed by atoms with Crippen molar-refractivity contribution in [3.8, 4) is 5.75 Å². The lowest BCUT2D eigenvalue weighted by Gasteiger charge is -2.32. The fourth-order valence-electron chi connectivity index (χ4n) is 3.18. The highest BCUT2D eigenvalue weighted by atomic mass is 16.5. The molecule has 1 N–H and O–H groups in total. The molecule has 3 nitrogen and oxygen atoms in total. The molecule has 2 saturated heterocycles. The minimum absolute atomic E-state index is 0.0201. The molecule has 1 aliphatic carbocycles. The molecule has 2 heterocycles. The van der Waals surface area contributed by atoms with Gasteiger partial charge in [0.2, 0.25) is 0 Å². The first-order valence-electron chi connectivity index (χ1n) is 7.01. The number of carbonyl (C=O) groups is 1. The van der Waals surface area contributed by atoms with Crippen LogP contribution in [0.25, 0.3) is 0 Å². The van der Waals surface area contributed by atoms with Crippen LogP contribution in [-0.4, -0.2) is 18.6 Å². The van der Waals surface area contributed by atoms with Crippen molar-refractivity contribution in [2.24, 2.45) is 11.8 Å². The highest BCUT2D eigenvalue weighted by Crippen LogP contribution is 2.41. The van der Waals surface area contributed by atoms with E-state index in [9.17, 15) is 4.79 Å². The zero-order valence-corrected chi connectivity index (χ0v) is 11.8. The van der Waals surface area contributed by atoms with Crippen LogP contribution in [0.2, 0.25) is 0 Å². The van der Waals surface area contributed by atoms with E-state index in [1.54, 1.807) is 0 Å². The first kappa shape index (κ1) is 12.7. The first-order chi connectivity index (χ1) is 8.97. The lowest BCUT2D eigenvalue weighted by molar-refractivity contribution is -0.143. The topological polar surface area (TPSA) is 38.3 Å². The number of hydrogen-bond donors (Lipinski definition) is 1. The Morgan fingerprint density at radius 3 is 2.63 bits per heavy atom. The molecule has 0 aromatic heterocycles. The van der Waals surface area contributed by atoms with Crippen molar-refractivity contribution in [3.63, 3.8) is 0 Å². The van der Waals surface area contributed by atoms with E-state index in [0.29, 0.717) is 17.7 Å². The van der Waals surface area contributed by atoms with Gasteiger partial charge in [-0.1, -0.05) is 39.0 Å². The third-order valence-electron chi connectivity index (χ3n) is 4.32. The number of hydrogen-bond acceptors (Lipinski definition) is 3. The Kier molecular flexibility index (Phi) is 2.90. The van der Waals surface area contributed by atoms with Gasteiger partial charge in [0.25, 0.3) is 0 Å². The van der Waals surface area contributed by atoms with Gasteiger partial charge in [-0.15, -0.1) is 0 Å². The van der Waals surface area contributed by atoms with Crippen molar-refractivity contribution < 1.29 is 9.53 Å². The molecular weight excluding hydrogens is 238 g/mol. The molecule has 2 bridgehead atoms. The molecule has 0 amide bonds. The Bertz CT molecular complexity index is 490. The van der Waals surface area contributed by atoms with E-state index in [0.717, 1.165) is 18.5 Å². The summed E-state index contributed by atoms with van der Waals surface area (Å²) in [4.78, 5) is 12.3. The SMILES string of the molecule is CC(C)(C)c1ccccc1OC(=O)C1C2CNC1C2. The van der Waals surface area contributed by atoms with Crippen molar-refractivity contribution in [2.45, 2.75) is 38.6 Å². The van der Waals surface area contributed by atoms with Crippen molar-refractivity contribution in [1.29, 1.82) is 0 Å². The van der Waals surface area contributed by atoms with Gasteiger partial charge in [0, 0.05) is 11.6 Å². The smallest absolute Gasteiger partial charge is 0.316 e. The average Bonchev–Trinajstić information content (AvgIpc) is 2.90. The molecule has 1 aromatic carbocycles. The summed E-state index contributed by atoms with van der Waals surface area (Å²) < 4.78 is 5.68. The Hall–Kier alpha value is -1.35. The summed E-state index contributed by atoms with van der Waals surface area (Å²) >= 11 is 0. The monoisotopic (exact) mass is 259 g/mol. The molecule has 1 aromatic rings. The number of carbonyl (C=O) groups excluding carboxylic acids is 1. The van der Waals surface area contributed by atoms with Crippen LogP contribution in [-0.2, 0) is 10.2 Å². The second kappa shape index (κ2) is 4.34. The number of benzene rings is 1. The van der Waals surface area contributed by atoms with Gasteiger partial charge in [-0.05, 0) is 30.4 Å². The van der Waals surface area contributed by atoms with Crippen molar-refractivity contribution in [3.05, 3.63) is 29.8 Å². The Balaban J connectivity index is 1.78. The van der Waals surface area contributed by atoms with Gasteiger partial charge < -0.3 is 10.1 Å². The quantitative estimate of drug-likeness (QED) is 0.655. The second-order valence-corrected chi connectivity index (χ2v) is 6.70. The Morgan fingerprint density at radius 1 is 1.32 bits per heavy atom. The minimum Gasteiger partial charge on any atom is -0.426 e. The number of esters is 1. The molecule has 0 spiro atoms. The number of nitrogens with one attached hydrogen (secondary N) is 1. The lowest BCUT2D eigenvalue weighted by atomic mass is 9.74. The van der Waals surface area contributed by atoms with E-state index in [1.807, 2.05) is 24.3 Å². The summed E-state index contributed by atoms with van der Waals surface area (Å²) in [5.74, 6) is 1.20. The van der Waals surface area contributed by atoms with Gasteiger partial charge in [-0.3, -0.25) is 4.79 Å². The molecular formula is C16H21NO2. The maximum Gasteiger partial charge on any atom is 0.316 e. The fraction of sp³-hybridized carbons (Fsp3) is 0.562. The highest BCUT2D eigenvalue weighted by Gasteiger charge is 2.51. The van der Waals surface area contributed by atoms with Crippen LogP contribution in [0, 0.1) is 11.8 Å². The molecule has 3 atom stereocenters. The highest BCUT2D eigenvalue weighted by molar-refractivity contribution is 5.78. The molecule has 0 radical (unpaired) electrons. The molecule has 19 heavy (non-hydrogen) atoms. The summed E-state index contributed by atoms with van der Waals surface area (Å²) in [7, 11) is 0. The lowest BCUT2D eigenvalue weighted by Crippen LogP contribution is -2.44. The van der Waals surface area contributed by atoms with E-state index >= 15 is 0 Å². The van der Waals surface area contributed by atoms with Crippen LogP contribution in [0.5, 0.6) is 5.75 Å². The Labute approximate surface area is 114 Å². The zero-order chi connectivity index (χ0) is 13.6. The van der Waals surface area contributed by atoms with Gasteiger partial charge in [0.05, 0.1) is 5.92 Å². The number of rotatable bonds is 2. The maximum atomic E-state index is 12.3. The number of fused-ring (bicyclic) bond motifs is 1. The molecule has 2 aliphatic heterocycles. The molecule has 102 valence electrons. The summed E-state index contributed by atoms with van der Waals surface area (Å²) in [6.45, 7) is 7.36. The predicted octanol–water partition coefficient (Wildman–Crippen LogP) is 2.50. The molecule has 1 saturated carbocycles. The standard InChI is InChI=1S/C16H21NO2/c1-16(2,3)11-6-4-5-7-13(11)19-15(18)14-10-8-12(14)17-9-10/h4-7,10,12,14,17H,8-9H2,1-3H3. The molecule has 3 heteroatoms. The summed E-state index contributed by atoms with van der Waals surface area (Å²) in [6.07, 6.45) is 1.13. The van der Waals surface area contributed by atoms with E-state index in [-0.39, 0.29) is 17.3 Å². The molecule has 3 aliphatic rings. The van der Waals surface area contributed by atoms with E-state index < -0.39 is 0 Å². The minimum atomic E-state index is -0.0667. The van der Waals surface area contributed by atoms with E-state index in [2.05, 4.69) is 26.1 Å². The molecule has 3 unspecified atom stereocenters. The normalized spacial score (nSPS) is 28.9. The predicted molar refractivity (Wildman–Crippen MR) is 74.2 cm³/mol. The van der Waals surface area contributed by atoms with E-state index in [1.165, 1.54) is 0 Å². The van der Waals surface area contributed by atoms with Crippen LogP contribution in [0.15, 0.2) is 24.3 Å². The summed E-state index contributed by atoms with van der Waals surface area (Å²) in [6, 6.07) is 8.19. The van der Waals surface area contributed by atoms with Gasteiger partial charge in [-0.2, -0.15) is 0 Å². The number of ether oxygens (including phenoxy) is 1. The van der Waals surface area contributed by atoms with Crippen LogP contribution >= 0.6 is 0 Å². The third kappa shape index (κ3) is 2.16. The number of para-hydroxylation sites is 1. The van der Waals surface area contributed by atoms with E-state index in [4.69, 9.17) is 4.74 Å². The van der Waals surface area contributed by atoms with Crippen LogP contribution in [0.4, 0.5) is 0 Å². The van der Waals surface area contributed by atoms with Gasteiger partial charge in [0.15, 0.2) is 0 Å². The fourth-order valence-corrected chi connectivity index (χ4v) is 3.18. The van der Waals surface area contributed by atoms with Gasteiger partial charge >= 0.3 is 5.97 Å². The zero-order valence-electron chi connectivity index (χ0n) is 11.8. The van der Waals surface area contributed by atoms with Crippen LogP contribution < -0.4 is 10.1 Å².